The van der Waals surface area contributed by atoms with Gasteiger partial charge in [0.1, 0.15) is 5.25 Å². The molecular weight excluding hydrogens is 257 g/mol. The van der Waals surface area contributed by atoms with Crippen LogP contribution in [0.25, 0.3) is 0 Å². The van der Waals surface area contributed by atoms with E-state index in [9.17, 15) is 17.1 Å². The van der Waals surface area contributed by atoms with Crippen LogP contribution >= 0.6 is 0 Å². The number of hydrogen-bond donors (Lipinski definition) is 0. The zero-order chi connectivity index (χ0) is 13.5. The summed E-state index contributed by atoms with van der Waals surface area (Å²) in [7, 11) is -4.66. The fourth-order valence-electron chi connectivity index (χ4n) is 2.12. The Morgan fingerprint density at radius 2 is 2.00 bits per heavy atom. The van der Waals surface area contributed by atoms with Gasteiger partial charge in [0.25, 0.3) is 0 Å². The molecule has 0 N–H and O–H groups in total. The van der Waals surface area contributed by atoms with Gasteiger partial charge in [-0.15, -0.1) is 3.89 Å². The molecule has 1 aromatic rings. The Balaban J connectivity index is 2.36. The Morgan fingerprint density at radius 1 is 1.33 bits per heavy atom. The van der Waals surface area contributed by atoms with E-state index in [1.807, 2.05) is 19.9 Å². The van der Waals surface area contributed by atoms with Gasteiger partial charge in [-0.2, -0.15) is 8.42 Å². The summed E-state index contributed by atoms with van der Waals surface area (Å²) >= 11 is 0. The van der Waals surface area contributed by atoms with E-state index in [0.29, 0.717) is 5.69 Å². The first kappa shape index (κ1) is 13.0. The van der Waals surface area contributed by atoms with Gasteiger partial charge in [0.05, 0.1) is 0 Å². The van der Waals surface area contributed by atoms with Gasteiger partial charge < -0.3 is 4.90 Å². The first-order chi connectivity index (χ1) is 8.30. The summed E-state index contributed by atoms with van der Waals surface area (Å²) in [6.45, 7) is 3.65. The minimum atomic E-state index is -4.66. The van der Waals surface area contributed by atoms with Crippen LogP contribution in [0.3, 0.4) is 0 Å². The van der Waals surface area contributed by atoms with Crippen molar-refractivity contribution in [1.82, 2.24) is 0 Å². The summed E-state index contributed by atoms with van der Waals surface area (Å²) in [6.07, 6.45) is -0.286. The van der Waals surface area contributed by atoms with E-state index < -0.39 is 15.5 Å². The molecule has 1 atom stereocenters. The van der Waals surface area contributed by atoms with E-state index >= 15 is 0 Å². The number of benzene rings is 1. The summed E-state index contributed by atoms with van der Waals surface area (Å²) in [5.74, 6) is -0.352. The predicted molar refractivity (Wildman–Crippen MR) is 66.7 cm³/mol. The topological polar surface area (TPSA) is 54.5 Å². The van der Waals surface area contributed by atoms with Crippen LogP contribution in [-0.2, 0) is 15.0 Å². The van der Waals surface area contributed by atoms with Crippen molar-refractivity contribution < 1.29 is 17.1 Å². The molecule has 1 unspecified atom stereocenters. The molecule has 1 aliphatic rings. The summed E-state index contributed by atoms with van der Waals surface area (Å²) in [5.41, 5.74) is 2.57. The van der Waals surface area contributed by atoms with Crippen molar-refractivity contribution in [3.63, 3.8) is 0 Å². The smallest absolute Gasteiger partial charge is 0.307 e. The second kappa shape index (κ2) is 4.35. The number of nitrogens with zero attached hydrogens (tertiary/aromatic N) is 1. The van der Waals surface area contributed by atoms with E-state index in [4.69, 9.17) is 0 Å². The summed E-state index contributed by atoms with van der Waals surface area (Å²) < 4.78 is 34.7. The molecule has 1 amide bonds. The standard InChI is InChI=1S/C12H14FNO3S/c1-8-4-3-5-11(9(8)2)14-7-10(6-12(14)15)18(13,16)17/h3-5,10H,6-7H2,1-2H3. The number of carbonyl (C=O) groups excluding carboxylic acids is 1. The average Bonchev–Trinajstić information content (AvgIpc) is 2.64. The number of halogens is 1. The van der Waals surface area contributed by atoms with E-state index in [-0.39, 0.29) is 18.9 Å². The molecule has 0 bridgehead atoms. The highest BCUT2D eigenvalue weighted by atomic mass is 32.3. The predicted octanol–water partition coefficient (Wildman–Crippen LogP) is 1.71. The fourth-order valence-corrected chi connectivity index (χ4v) is 2.79. The van der Waals surface area contributed by atoms with Crippen LogP contribution in [0.1, 0.15) is 17.5 Å². The van der Waals surface area contributed by atoms with E-state index in [0.717, 1.165) is 11.1 Å². The fraction of sp³-hybridized carbons (Fsp3) is 0.417. The molecule has 6 heteroatoms. The summed E-state index contributed by atoms with van der Waals surface area (Å²) in [5, 5.41) is -1.25. The van der Waals surface area contributed by atoms with Gasteiger partial charge in [0.2, 0.25) is 5.91 Å². The SMILES string of the molecule is Cc1cccc(N2CC(S(=O)(=O)F)CC2=O)c1C. The van der Waals surface area contributed by atoms with Gasteiger partial charge in [-0.1, -0.05) is 12.1 Å². The van der Waals surface area contributed by atoms with E-state index in [2.05, 4.69) is 0 Å². The van der Waals surface area contributed by atoms with E-state index in [1.165, 1.54) is 4.90 Å². The zero-order valence-corrected chi connectivity index (χ0v) is 11.0. The first-order valence-electron chi connectivity index (χ1n) is 5.60. The maximum atomic E-state index is 12.9. The number of carbonyl (C=O) groups is 1. The quantitative estimate of drug-likeness (QED) is 0.769. The molecule has 18 heavy (non-hydrogen) atoms. The van der Waals surface area contributed by atoms with Gasteiger partial charge >= 0.3 is 10.2 Å². The minimum Gasteiger partial charge on any atom is -0.311 e. The highest BCUT2D eigenvalue weighted by Gasteiger charge is 2.39. The Hall–Kier alpha value is -1.43. The van der Waals surface area contributed by atoms with Crippen LogP contribution in [-0.4, -0.2) is 26.1 Å². The lowest BCUT2D eigenvalue weighted by molar-refractivity contribution is -0.117. The Morgan fingerprint density at radius 3 is 2.56 bits per heavy atom. The molecule has 0 saturated carbocycles. The molecule has 0 aliphatic carbocycles. The number of anilines is 1. The van der Waals surface area contributed by atoms with Gasteiger partial charge in [-0.05, 0) is 31.0 Å². The van der Waals surface area contributed by atoms with Crippen molar-refractivity contribution in [2.24, 2.45) is 0 Å². The second-order valence-electron chi connectivity index (χ2n) is 4.53. The molecule has 1 aliphatic heterocycles. The Kier molecular flexibility index (Phi) is 3.14. The van der Waals surface area contributed by atoms with Gasteiger partial charge in [0.15, 0.2) is 0 Å². The van der Waals surface area contributed by atoms with Crippen LogP contribution in [0.4, 0.5) is 9.57 Å². The van der Waals surface area contributed by atoms with Crippen molar-refractivity contribution in [2.45, 2.75) is 25.5 Å². The van der Waals surface area contributed by atoms with Crippen molar-refractivity contribution in [3.05, 3.63) is 29.3 Å². The van der Waals surface area contributed by atoms with E-state index in [1.54, 1.807) is 12.1 Å². The normalized spacial score (nSPS) is 20.5. The number of hydrogen-bond acceptors (Lipinski definition) is 3. The molecule has 1 aromatic carbocycles. The largest absolute Gasteiger partial charge is 0.311 e. The Labute approximate surface area is 106 Å². The van der Waals surface area contributed by atoms with Crippen LogP contribution in [0, 0.1) is 13.8 Å². The molecule has 1 saturated heterocycles. The molecule has 2 rings (SSSR count). The summed E-state index contributed by atoms with van der Waals surface area (Å²) in [4.78, 5) is 13.1. The molecule has 0 radical (unpaired) electrons. The van der Waals surface area contributed by atoms with Crippen LogP contribution in [0.15, 0.2) is 18.2 Å². The third-order valence-electron chi connectivity index (χ3n) is 3.35. The monoisotopic (exact) mass is 271 g/mol. The van der Waals surface area contributed by atoms with Crippen molar-refractivity contribution in [1.29, 1.82) is 0 Å². The molecule has 0 aromatic heterocycles. The lowest BCUT2D eigenvalue weighted by atomic mass is 10.1. The van der Waals surface area contributed by atoms with Gasteiger partial charge in [0, 0.05) is 18.7 Å². The molecule has 1 heterocycles. The second-order valence-corrected chi connectivity index (χ2v) is 6.14. The molecule has 0 spiro atoms. The maximum Gasteiger partial charge on any atom is 0.307 e. The van der Waals surface area contributed by atoms with Crippen LogP contribution in [0.2, 0.25) is 0 Å². The van der Waals surface area contributed by atoms with Crippen LogP contribution < -0.4 is 4.90 Å². The lowest BCUT2D eigenvalue weighted by Gasteiger charge is -2.19. The molecule has 98 valence electrons. The first-order valence-corrected chi connectivity index (χ1v) is 7.05. The third kappa shape index (κ3) is 2.25. The molecular formula is C12H14FNO3S. The molecule has 4 nitrogen and oxygen atoms in total. The number of amides is 1. The van der Waals surface area contributed by atoms with Gasteiger partial charge in [-0.3, -0.25) is 4.79 Å². The van der Waals surface area contributed by atoms with Crippen molar-refractivity contribution >= 4 is 21.8 Å². The minimum absolute atomic E-state index is 0.109. The lowest BCUT2D eigenvalue weighted by Crippen LogP contribution is -2.27. The number of rotatable bonds is 2. The van der Waals surface area contributed by atoms with Crippen LogP contribution in [0.5, 0.6) is 0 Å². The molecule has 1 fully saturated rings. The van der Waals surface area contributed by atoms with Crippen molar-refractivity contribution in [2.75, 3.05) is 11.4 Å². The van der Waals surface area contributed by atoms with Crippen molar-refractivity contribution in [3.8, 4) is 0 Å². The number of aryl methyl sites for hydroxylation is 1. The third-order valence-corrected chi connectivity index (χ3v) is 4.47. The van der Waals surface area contributed by atoms with Gasteiger partial charge in [-0.25, -0.2) is 0 Å². The highest BCUT2D eigenvalue weighted by molar-refractivity contribution is 7.87. The summed E-state index contributed by atoms with van der Waals surface area (Å²) in [6, 6.07) is 5.44. The zero-order valence-electron chi connectivity index (χ0n) is 10.2. The average molecular weight is 271 g/mol. The maximum absolute atomic E-state index is 12.9. The Bertz CT molecular complexity index is 597. The highest BCUT2D eigenvalue weighted by Crippen LogP contribution is 2.29.